The molecule has 1 unspecified atom stereocenters. The Bertz CT molecular complexity index is 205. The molecule has 0 saturated carbocycles. The molecule has 0 aromatic rings. The van der Waals surface area contributed by atoms with Gasteiger partial charge in [0, 0.05) is 0 Å². The first-order valence-corrected chi connectivity index (χ1v) is 5.19. The molecule has 1 atom stereocenters. The predicted molar refractivity (Wildman–Crippen MR) is 52.2 cm³/mol. The van der Waals surface area contributed by atoms with Crippen molar-refractivity contribution in [2.75, 3.05) is 0 Å². The molecule has 13 heavy (non-hydrogen) atoms. The molecule has 0 spiro atoms. The molecule has 0 aromatic heterocycles. The van der Waals surface area contributed by atoms with Gasteiger partial charge in [-0.1, -0.05) is 0 Å². The van der Waals surface area contributed by atoms with Gasteiger partial charge in [0.1, 0.15) is 0 Å². The minimum atomic E-state index is -0.896. The van der Waals surface area contributed by atoms with Crippen LogP contribution in [0.1, 0.15) is 33.6 Å². The van der Waals surface area contributed by atoms with E-state index < -0.39 is 16.2 Å². The number of carboxylic acids is 1. The molecule has 0 aliphatic carbocycles. The number of ketones is 1. The first kappa shape index (κ1) is 12.7. The second-order valence-corrected chi connectivity index (χ2v) is 6.06. The third kappa shape index (κ3) is 4.44. The average Bonchev–Trinajstić information content (AvgIpc) is 1.96. The van der Waals surface area contributed by atoms with Crippen molar-refractivity contribution in [3.05, 3.63) is 0 Å². The van der Waals surface area contributed by atoms with Crippen molar-refractivity contribution in [3.63, 3.8) is 0 Å². The molecule has 1 N–H and O–H groups in total. The van der Waals surface area contributed by atoms with E-state index in [9.17, 15) is 9.59 Å². The third-order valence-electron chi connectivity index (χ3n) is 1.98. The second-order valence-electron chi connectivity index (χ2n) is 3.64. The fourth-order valence-electron chi connectivity index (χ4n) is 1.01. The zero-order valence-corrected chi connectivity index (χ0v) is 10.1. The van der Waals surface area contributed by atoms with Crippen LogP contribution in [0.4, 0.5) is 0 Å². The molecule has 0 fully saturated rings. The van der Waals surface area contributed by atoms with Crippen LogP contribution in [-0.2, 0) is 9.59 Å². The molecule has 4 heteroatoms. The summed E-state index contributed by atoms with van der Waals surface area (Å²) in [5, 5.41) is 8.89. The van der Waals surface area contributed by atoms with E-state index in [1.54, 1.807) is 6.92 Å². The van der Waals surface area contributed by atoms with E-state index in [1.807, 2.05) is 13.8 Å². The van der Waals surface area contributed by atoms with Gasteiger partial charge in [-0.2, -0.15) is 0 Å². The van der Waals surface area contributed by atoms with Gasteiger partial charge in [0.15, 0.2) is 0 Å². The Morgan fingerprint density at radius 3 is 2.15 bits per heavy atom. The van der Waals surface area contributed by atoms with Gasteiger partial charge in [-0.3, -0.25) is 0 Å². The van der Waals surface area contributed by atoms with Crippen molar-refractivity contribution in [1.82, 2.24) is 0 Å². The first-order chi connectivity index (χ1) is 5.79. The van der Waals surface area contributed by atoms with E-state index in [2.05, 4.69) is 16.0 Å². The Labute approximate surface area is 86.7 Å². The Hall–Kier alpha value is -0.341. The van der Waals surface area contributed by atoms with Gasteiger partial charge >= 0.3 is 86.3 Å². The molecule has 0 bridgehead atoms. The summed E-state index contributed by atoms with van der Waals surface area (Å²) in [5.41, 5.74) is 0. The molecule has 0 radical (unpaired) electrons. The molecule has 3 nitrogen and oxygen atoms in total. The van der Waals surface area contributed by atoms with Crippen molar-refractivity contribution in [3.8, 4) is 0 Å². The van der Waals surface area contributed by atoms with Crippen LogP contribution in [0.3, 0.4) is 0 Å². The minimum absolute atomic E-state index is 0.00604. The Kier molecular flexibility index (Phi) is 4.65. The molecule has 76 valence electrons. The van der Waals surface area contributed by atoms with Crippen LogP contribution in [0, 0.1) is 5.92 Å². The van der Waals surface area contributed by atoms with Gasteiger partial charge in [0.2, 0.25) is 0 Å². The number of aliphatic carboxylic acids is 1. The van der Waals surface area contributed by atoms with Gasteiger partial charge < -0.3 is 0 Å². The summed E-state index contributed by atoms with van der Waals surface area (Å²) in [7, 11) is 0. The SMILES string of the molecule is CCC(=O)CC(C(=O)O)C(C)(C)[SeH]. The van der Waals surface area contributed by atoms with Crippen LogP contribution in [0.5, 0.6) is 0 Å². The standard InChI is InChI=1S/C9H16O3Se/c1-4-6(10)5-7(8(11)12)9(2,3)13/h7,13H,4-5H2,1-3H3,(H,11,12). The van der Waals surface area contributed by atoms with Gasteiger partial charge in [-0.05, 0) is 0 Å². The number of rotatable bonds is 5. The monoisotopic (exact) mass is 252 g/mol. The fourth-order valence-corrected chi connectivity index (χ4v) is 1.43. The number of carbonyl (C=O) groups is 2. The second kappa shape index (κ2) is 4.77. The Morgan fingerprint density at radius 1 is 1.46 bits per heavy atom. The number of carboxylic acid groups (broad SMARTS) is 1. The van der Waals surface area contributed by atoms with Gasteiger partial charge in [-0.25, -0.2) is 0 Å². The third-order valence-corrected chi connectivity index (χ3v) is 2.63. The van der Waals surface area contributed by atoms with E-state index in [0.717, 1.165) is 0 Å². The molecule has 0 saturated heterocycles. The van der Waals surface area contributed by atoms with Crippen molar-refractivity contribution >= 4 is 27.8 Å². The van der Waals surface area contributed by atoms with Crippen molar-refractivity contribution in [2.45, 2.75) is 37.9 Å². The molecule has 0 heterocycles. The Balaban J connectivity index is 4.46. The Morgan fingerprint density at radius 2 is 1.92 bits per heavy atom. The number of hydrogen-bond acceptors (Lipinski definition) is 2. The van der Waals surface area contributed by atoms with Crippen molar-refractivity contribution in [1.29, 1.82) is 0 Å². The first-order valence-electron chi connectivity index (χ1n) is 4.26. The molecule has 0 aromatic carbocycles. The van der Waals surface area contributed by atoms with Crippen LogP contribution < -0.4 is 0 Å². The average molecular weight is 251 g/mol. The van der Waals surface area contributed by atoms with Crippen molar-refractivity contribution < 1.29 is 14.7 Å². The summed E-state index contributed by atoms with van der Waals surface area (Å²) in [5.74, 6) is -1.49. The zero-order valence-electron chi connectivity index (χ0n) is 8.20. The summed E-state index contributed by atoms with van der Waals surface area (Å²) in [6.45, 7) is 5.38. The van der Waals surface area contributed by atoms with Crippen LogP contribution in [0.25, 0.3) is 0 Å². The summed E-state index contributed by atoms with van der Waals surface area (Å²) in [6.07, 6.45) is 0.542. The van der Waals surface area contributed by atoms with E-state index in [0.29, 0.717) is 6.42 Å². The van der Waals surface area contributed by atoms with E-state index >= 15 is 0 Å². The van der Waals surface area contributed by atoms with Crippen molar-refractivity contribution in [2.24, 2.45) is 5.92 Å². The number of hydrogen-bond donors (Lipinski definition) is 1. The molecule has 0 rings (SSSR count). The topological polar surface area (TPSA) is 54.4 Å². The van der Waals surface area contributed by atoms with Gasteiger partial charge in [0.25, 0.3) is 0 Å². The molecule has 0 aliphatic rings. The van der Waals surface area contributed by atoms with E-state index in [-0.39, 0.29) is 12.2 Å². The van der Waals surface area contributed by atoms with Crippen LogP contribution in [-0.4, -0.2) is 32.9 Å². The van der Waals surface area contributed by atoms with Crippen LogP contribution in [0.2, 0.25) is 4.31 Å². The number of carbonyl (C=O) groups excluding carboxylic acids is 1. The zero-order chi connectivity index (χ0) is 10.6. The summed E-state index contributed by atoms with van der Waals surface area (Å²) >= 11 is 2.32. The summed E-state index contributed by atoms with van der Waals surface area (Å²) < 4.78 is -0.413. The normalized spacial score (nSPS) is 13.8. The molecular formula is C9H16O3Se. The summed E-state index contributed by atoms with van der Waals surface area (Å²) in [4.78, 5) is 21.9. The summed E-state index contributed by atoms with van der Waals surface area (Å²) in [6, 6.07) is 0. The molecule has 0 aliphatic heterocycles. The predicted octanol–water partition coefficient (Wildman–Crippen LogP) is 1.16. The van der Waals surface area contributed by atoms with Crippen LogP contribution >= 0.6 is 0 Å². The fraction of sp³-hybridized carbons (Fsp3) is 0.778. The van der Waals surface area contributed by atoms with E-state index in [4.69, 9.17) is 5.11 Å². The molecular weight excluding hydrogens is 235 g/mol. The van der Waals surface area contributed by atoms with Gasteiger partial charge in [0.05, 0.1) is 0 Å². The maximum atomic E-state index is 11.1. The maximum absolute atomic E-state index is 11.1. The van der Waals surface area contributed by atoms with Gasteiger partial charge in [-0.15, -0.1) is 0 Å². The molecule has 0 amide bonds. The van der Waals surface area contributed by atoms with E-state index in [1.165, 1.54) is 0 Å². The quantitative estimate of drug-likeness (QED) is 0.746. The van der Waals surface area contributed by atoms with Crippen LogP contribution in [0.15, 0.2) is 0 Å². The number of Topliss-reactive ketones (excluding diaryl/α,β-unsaturated/α-hetero) is 1.